The number of amides is 5. The number of esters is 1. The molecule has 2 N–H and O–H groups in total. The molecule has 1 fully saturated rings. The molecule has 1 aliphatic carbocycles. The first-order valence-corrected chi connectivity index (χ1v) is 10.1. The van der Waals surface area contributed by atoms with Crippen LogP contribution in [0.4, 0.5) is 4.79 Å². The van der Waals surface area contributed by atoms with Crippen molar-refractivity contribution in [3.05, 3.63) is 35.4 Å². The molecule has 5 amide bonds. The molecule has 0 radical (unpaired) electrons. The summed E-state index contributed by atoms with van der Waals surface area (Å²) in [6, 6.07) is 6.28. The maximum atomic E-state index is 12.4. The number of nitrogens with one attached hydrogen (secondary N) is 2. The number of ether oxygens (including phenoxy) is 1. The molecule has 0 atom stereocenters. The molecule has 160 valence electrons. The van der Waals surface area contributed by atoms with Crippen LogP contribution in [0.3, 0.4) is 0 Å². The van der Waals surface area contributed by atoms with Crippen LogP contribution in [0.5, 0.6) is 0 Å². The number of hydrogen-bond donors (Lipinski definition) is 2. The molecular weight excluding hydrogens is 390 g/mol. The smallest absolute Gasteiger partial charge is 0.321 e. The van der Waals surface area contributed by atoms with Crippen molar-refractivity contribution in [2.24, 2.45) is 0 Å². The summed E-state index contributed by atoms with van der Waals surface area (Å²) in [5.41, 5.74) is 1.10. The maximum absolute atomic E-state index is 12.4. The summed E-state index contributed by atoms with van der Waals surface area (Å²) in [7, 11) is 0. The van der Waals surface area contributed by atoms with E-state index in [4.69, 9.17) is 4.74 Å². The number of nitrogens with zero attached hydrogens (tertiary/aromatic N) is 1. The van der Waals surface area contributed by atoms with Gasteiger partial charge in [0.25, 0.3) is 11.8 Å². The summed E-state index contributed by atoms with van der Waals surface area (Å²) in [6.45, 7) is -0.740. The van der Waals surface area contributed by atoms with Crippen molar-refractivity contribution in [3.8, 4) is 0 Å². The Bertz CT molecular complexity index is 847. The summed E-state index contributed by atoms with van der Waals surface area (Å²) in [6.07, 6.45) is 4.87. The van der Waals surface area contributed by atoms with Crippen LogP contribution in [0.15, 0.2) is 24.3 Å². The van der Waals surface area contributed by atoms with Gasteiger partial charge in [-0.25, -0.2) is 4.79 Å². The Morgan fingerprint density at radius 2 is 1.80 bits per heavy atom. The third kappa shape index (κ3) is 5.65. The Morgan fingerprint density at radius 3 is 2.57 bits per heavy atom. The SMILES string of the molecule is O=C(COC(=O)CCN1C(=O)Cc2ccccc2C1=O)NC(=O)NC1CCCCC1. The minimum absolute atomic E-state index is 0.0545. The fourth-order valence-electron chi connectivity index (χ4n) is 3.68. The molecule has 0 bridgehead atoms. The van der Waals surface area contributed by atoms with Gasteiger partial charge >= 0.3 is 12.0 Å². The Kier molecular flexibility index (Phi) is 7.16. The lowest BCUT2D eigenvalue weighted by atomic mass is 9.96. The van der Waals surface area contributed by atoms with E-state index in [1.165, 1.54) is 0 Å². The molecule has 0 spiro atoms. The average Bonchev–Trinajstić information content (AvgIpc) is 2.72. The van der Waals surface area contributed by atoms with Gasteiger partial charge in [-0.15, -0.1) is 0 Å². The van der Waals surface area contributed by atoms with Gasteiger partial charge in [-0.05, 0) is 24.5 Å². The van der Waals surface area contributed by atoms with Crippen LogP contribution < -0.4 is 10.6 Å². The van der Waals surface area contributed by atoms with E-state index in [1.807, 2.05) is 0 Å². The largest absolute Gasteiger partial charge is 0.456 e. The van der Waals surface area contributed by atoms with Crippen LogP contribution in [0.1, 0.15) is 54.4 Å². The fraction of sp³-hybridized carbons (Fsp3) is 0.476. The first kappa shape index (κ1) is 21.5. The van der Waals surface area contributed by atoms with Gasteiger partial charge in [0.05, 0.1) is 12.8 Å². The molecule has 9 heteroatoms. The lowest BCUT2D eigenvalue weighted by molar-refractivity contribution is -0.148. The molecule has 0 saturated heterocycles. The minimum Gasteiger partial charge on any atom is -0.456 e. The van der Waals surface area contributed by atoms with E-state index in [0.29, 0.717) is 11.1 Å². The highest BCUT2D eigenvalue weighted by Crippen LogP contribution is 2.20. The first-order chi connectivity index (χ1) is 14.4. The molecule has 30 heavy (non-hydrogen) atoms. The molecule has 3 rings (SSSR count). The molecule has 9 nitrogen and oxygen atoms in total. The summed E-state index contributed by atoms with van der Waals surface area (Å²) >= 11 is 0. The second kappa shape index (κ2) is 10.00. The lowest BCUT2D eigenvalue weighted by Gasteiger charge is -2.26. The van der Waals surface area contributed by atoms with Crippen molar-refractivity contribution in [3.63, 3.8) is 0 Å². The summed E-state index contributed by atoms with van der Waals surface area (Å²) in [5, 5.41) is 4.86. The second-order valence-corrected chi connectivity index (χ2v) is 7.45. The van der Waals surface area contributed by atoms with Gasteiger partial charge in [0.2, 0.25) is 5.91 Å². The van der Waals surface area contributed by atoms with Crippen molar-refractivity contribution in [1.29, 1.82) is 0 Å². The molecule has 1 heterocycles. The monoisotopic (exact) mass is 415 g/mol. The predicted molar refractivity (Wildman–Crippen MR) is 105 cm³/mol. The molecule has 1 aliphatic heterocycles. The number of urea groups is 1. The van der Waals surface area contributed by atoms with Crippen molar-refractivity contribution in [2.45, 2.75) is 51.0 Å². The molecular formula is C21H25N3O6. The van der Waals surface area contributed by atoms with Gasteiger partial charge in [-0.1, -0.05) is 37.5 Å². The highest BCUT2D eigenvalue weighted by molar-refractivity contribution is 6.09. The molecule has 1 aromatic rings. The third-order valence-electron chi connectivity index (χ3n) is 5.23. The molecule has 1 aromatic carbocycles. The van der Waals surface area contributed by atoms with Crippen LogP contribution in [-0.2, 0) is 25.5 Å². The Balaban J connectivity index is 1.38. The highest BCUT2D eigenvalue weighted by Gasteiger charge is 2.30. The fourth-order valence-corrected chi connectivity index (χ4v) is 3.68. The van der Waals surface area contributed by atoms with E-state index in [2.05, 4.69) is 10.6 Å². The highest BCUT2D eigenvalue weighted by atomic mass is 16.5. The Morgan fingerprint density at radius 1 is 1.07 bits per heavy atom. The lowest BCUT2D eigenvalue weighted by Crippen LogP contribution is -2.46. The molecule has 1 saturated carbocycles. The van der Waals surface area contributed by atoms with Gasteiger partial charge in [-0.2, -0.15) is 0 Å². The van der Waals surface area contributed by atoms with E-state index in [0.717, 1.165) is 37.0 Å². The predicted octanol–water partition coefficient (Wildman–Crippen LogP) is 1.30. The van der Waals surface area contributed by atoms with E-state index in [1.54, 1.807) is 24.3 Å². The van der Waals surface area contributed by atoms with Crippen LogP contribution in [0.25, 0.3) is 0 Å². The van der Waals surface area contributed by atoms with E-state index in [9.17, 15) is 24.0 Å². The number of benzene rings is 1. The van der Waals surface area contributed by atoms with Crippen molar-refractivity contribution >= 4 is 29.7 Å². The maximum Gasteiger partial charge on any atom is 0.321 e. The number of carbonyl (C=O) groups is 5. The van der Waals surface area contributed by atoms with Crippen molar-refractivity contribution in [1.82, 2.24) is 15.5 Å². The third-order valence-corrected chi connectivity index (χ3v) is 5.23. The normalized spacial score (nSPS) is 16.6. The zero-order valence-electron chi connectivity index (χ0n) is 16.6. The number of hydrogen-bond acceptors (Lipinski definition) is 6. The second-order valence-electron chi connectivity index (χ2n) is 7.45. The van der Waals surface area contributed by atoms with Gasteiger partial charge in [0.1, 0.15) is 0 Å². The van der Waals surface area contributed by atoms with Crippen molar-refractivity contribution in [2.75, 3.05) is 13.2 Å². The van der Waals surface area contributed by atoms with E-state index in [-0.39, 0.29) is 31.3 Å². The van der Waals surface area contributed by atoms with Gasteiger partial charge in [-0.3, -0.25) is 29.4 Å². The topological polar surface area (TPSA) is 122 Å². The van der Waals surface area contributed by atoms with Gasteiger partial charge in [0.15, 0.2) is 6.61 Å². The van der Waals surface area contributed by atoms with E-state index < -0.39 is 30.4 Å². The molecule has 0 aromatic heterocycles. The number of imide groups is 2. The van der Waals surface area contributed by atoms with Crippen LogP contribution in [0.2, 0.25) is 0 Å². The number of rotatable bonds is 6. The molecule has 0 unspecified atom stereocenters. The summed E-state index contributed by atoms with van der Waals surface area (Å²) in [5.74, 6) is -2.32. The van der Waals surface area contributed by atoms with Crippen LogP contribution in [-0.4, -0.2) is 53.8 Å². The standard InChI is InChI=1S/C21H25N3O6/c25-17(23-21(29)22-15-7-2-1-3-8-15)13-30-19(27)10-11-24-18(26)12-14-6-4-5-9-16(14)20(24)28/h4-6,9,15H,1-3,7-8,10-13H2,(H2,22,23,25,29). The number of carbonyl (C=O) groups excluding carboxylic acids is 5. The van der Waals surface area contributed by atoms with E-state index >= 15 is 0 Å². The van der Waals surface area contributed by atoms with Crippen LogP contribution in [0, 0.1) is 0 Å². The van der Waals surface area contributed by atoms with Gasteiger partial charge in [0, 0.05) is 18.2 Å². The first-order valence-electron chi connectivity index (χ1n) is 10.1. The van der Waals surface area contributed by atoms with Gasteiger partial charge < -0.3 is 10.1 Å². The summed E-state index contributed by atoms with van der Waals surface area (Å²) < 4.78 is 4.85. The Labute approximate surface area is 174 Å². The summed E-state index contributed by atoms with van der Waals surface area (Å²) in [4.78, 5) is 61.1. The zero-order valence-corrected chi connectivity index (χ0v) is 16.6. The van der Waals surface area contributed by atoms with Crippen molar-refractivity contribution < 1.29 is 28.7 Å². The zero-order chi connectivity index (χ0) is 21.5. The molecule has 2 aliphatic rings. The van der Waals surface area contributed by atoms with Crippen LogP contribution >= 0.6 is 0 Å². The Hall–Kier alpha value is -3.23. The number of fused-ring (bicyclic) bond motifs is 1. The minimum atomic E-state index is -0.740. The quantitative estimate of drug-likeness (QED) is 0.534. The average molecular weight is 415 g/mol.